The van der Waals surface area contributed by atoms with Crippen LogP contribution in [0.25, 0.3) is 0 Å². The van der Waals surface area contributed by atoms with Gasteiger partial charge in [-0.3, -0.25) is 9.69 Å². The largest absolute Gasteiger partial charge is 0.351 e. The molecule has 0 aliphatic heterocycles. The average Bonchev–Trinajstić information content (AvgIpc) is 2.63. The smallest absolute Gasteiger partial charge is 0.323 e. The molecule has 0 atom stereocenters. The van der Waals surface area contributed by atoms with Crippen molar-refractivity contribution in [2.24, 2.45) is 5.73 Å². The van der Waals surface area contributed by atoms with Gasteiger partial charge in [-0.1, -0.05) is 42.5 Å². The molecule has 26 heavy (non-hydrogen) atoms. The third-order valence-electron chi connectivity index (χ3n) is 4.08. The lowest BCUT2D eigenvalue weighted by molar-refractivity contribution is 0.103. The van der Waals surface area contributed by atoms with Gasteiger partial charge < -0.3 is 5.73 Å². The Morgan fingerprint density at radius 3 is 1.96 bits per heavy atom. The zero-order valence-electron chi connectivity index (χ0n) is 14.1. The third kappa shape index (κ3) is 3.19. The number of hydrogen-bond donors (Lipinski definition) is 1. The van der Waals surface area contributed by atoms with E-state index in [0.29, 0.717) is 11.4 Å². The van der Waals surface area contributed by atoms with E-state index >= 15 is 0 Å². The van der Waals surface area contributed by atoms with Gasteiger partial charge in [0.05, 0.1) is 16.9 Å². The molecule has 2 amide bonds. The fourth-order valence-corrected chi connectivity index (χ4v) is 2.83. The van der Waals surface area contributed by atoms with Crippen LogP contribution in [0.3, 0.4) is 0 Å². The number of rotatable bonds is 4. The van der Waals surface area contributed by atoms with Gasteiger partial charge >= 0.3 is 6.03 Å². The monoisotopic (exact) mass is 348 g/mol. The summed E-state index contributed by atoms with van der Waals surface area (Å²) in [5.74, 6) is -1.13. The summed E-state index contributed by atoms with van der Waals surface area (Å²) in [7, 11) is 0. The molecule has 0 aliphatic rings. The number of para-hydroxylation sites is 2. The molecule has 2 N–H and O–H groups in total. The Labute approximate surface area is 150 Å². The highest BCUT2D eigenvalue weighted by Crippen LogP contribution is 2.32. The molecule has 5 heteroatoms. The first-order valence-electron chi connectivity index (χ1n) is 8.04. The Hall–Kier alpha value is -3.47. The number of carbonyl (C=O) groups excluding carboxylic acids is 2. The molecule has 130 valence electrons. The van der Waals surface area contributed by atoms with Crippen LogP contribution < -0.4 is 10.6 Å². The van der Waals surface area contributed by atoms with Gasteiger partial charge in [0.15, 0.2) is 5.78 Å². The molecule has 0 saturated carbocycles. The Kier molecular flexibility index (Phi) is 4.80. The van der Waals surface area contributed by atoms with Crippen molar-refractivity contribution in [2.45, 2.75) is 6.92 Å². The quantitative estimate of drug-likeness (QED) is 0.701. The Morgan fingerprint density at radius 1 is 0.808 bits per heavy atom. The number of benzene rings is 3. The number of nitrogens with two attached hydrogens (primary N) is 1. The predicted octanol–water partition coefficient (Wildman–Crippen LogP) is 4.58. The van der Waals surface area contributed by atoms with Crippen molar-refractivity contribution in [1.29, 1.82) is 0 Å². The van der Waals surface area contributed by atoms with E-state index in [9.17, 15) is 14.0 Å². The summed E-state index contributed by atoms with van der Waals surface area (Å²) in [6.07, 6.45) is 0. The number of carbonyl (C=O) groups is 2. The number of halogens is 1. The molecule has 0 bridgehead atoms. The van der Waals surface area contributed by atoms with Crippen LogP contribution in [0.4, 0.5) is 20.6 Å². The van der Waals surface area contributed by atoms with Crippen LogP contribution >= 0.6 is 0 Å². The molecule has 0 radical (unpaired) electrons. The number of amides is 2. The number of anilines is 2. The summed E-state index contributed by atoms with van der Waals surface area (Å²) in [6, 6.07) is 18.7. The van der Waals surface area contributed by atoms with Crippen LogP contribution in [0.15, 0.2) is 72.8 Å². The molecular formula is C21H17FN2O2. The molecule has 0 heterocycles. The van der Waals surface area contributed by atoms with Gasteiger partial charge in [-0.05, 0) is 42.8 Å². The standard InChI is InChI=1S/C21H17FN2O2/c1-14-8-2-6-12-18(14)24(21(23)26)19-13-7-4-10-16(19)20(25)15-9-3-5-11-17(15)22/h2-13H,1H3,(H2,23,26). The summed E-state index contributed by atoms with van der Waals surface area (Å²) in [5, 5.41) is 0. The number of urea groups is 1. The van der Waals surface area contributed by atoms with E-state index in [-0.39, 0.29) is 11.1 Å². The summed E-state index contributed by atoms with van der Waals surface area (Å²) < 4.78 is 14.1. The summed E-state index contributed by atoms with van der Waals surface area (Å²) in [6.45, 7) is 1.84. The van der Waals surface area contributed by atoms with Gasteiger partial charge in [-0.25, -0.2) is 9.18 Å². The second kappa shape index (κ2) is 7.19. The molecule has 3 aromatic carbocycles. The number of aryl methyl sites for hydroxylation is 1. The van der Waals surface area contributed by atoms with E-state index in [2.05, 4.69) is 0 Å². The Bertz CT molecular complexity index is 985. The number of ketones is 1. The van der Waals surface area contributed by atoms with Crippen molar-refractivity contribution >= 4 is 23.2 Å². The normalized spacial score (nSPS) is 10.4. The molecule has 0 aliphatic carbocycles. The maximum absolute atomic E-state index is 14.1. The molecule has 4 nitrogen and oxygen atoms in total. The lowest BCUT2D eigenvalue weighted by Crippen LogP contribution is -2.33. The van der Waals surface area contributed by atoms with Gasteiger partial charge in [0.2, 0.25) is 0 Å². The van der Waals surface area contributed by atoms with Gasteiger partial charge in [-0.2, -0.15) is 0 Å². The Balaban J connectivity index is 2.17. The van der Waals surface area contributed by atoms with E-state index in [4.69, 9.17) is 5.73 Å². The van der Waals surface area contributed by atoms with E-state index < -0.39 is 17.6 Å². The van der Waals surface area contributed by atoms with Gasteiger partial charge in [0, 0.05) is 5.56 Å². The number of primary amides is 1. The van der Waals surface area contributed by atoms with E-state index in [1.165, 1.54) is 23.1 Å². The second-order valence-electron chi connectivity index (χ2n) is 5.79. The SMILES string of the molecule is Cc1ccccc1N(C(N)=O)c1ccccc1C(=O)c1ccccc1F. The van der Waals surface area contributed by atoms with Crippen LogP contribution in [0, 0.1) is 12.7 Å². The van der Waals surface area contributed by atoms with Crippen LogP contribution in [-0.4, -0.2) is 11.8 Å². The van der Waals surface area contributed by atoms with Crippen LogP contribution in [0.2, 0.25) is 0 Å². The van der Waals surface area contributed by atoms with E-state index in [0.717, 1.165) is 5.56 Å². The minimum Gasteiger partial charge on any atom is -0.351 e. The molecule has 0 fully saturated rings. The van der Waals surface area contributed by atoms with Crippen molar-refractivity contribution in [2.75, 3.05) is 4.90 Å². The fraction of sp³-hybridized carbons (Fsp3) is 0.0476. The maximum atomic E-state index is 14.1. The topological polar surface area (TPSA) is 63.4 Å². The highest BCUT2D eigenvalue weighted by molar-refractivity contribution is 6.15. The first kappa shape index (κ1) is 17.4. The number of nitrogens with zero attached hydrogens (tertiary/aromatic N) is 1. The van der Waals surface area contributed by atoms with Crippen molar-refractivity contribution in [3.05, 3.63) is 95.3 Å². The molecule has 0 unspecified atom stereocenters. The molecule has 0 saturated heterocycles. The molecule has 0 aromatic heterocycles. The van der Waals surface area contributed by atoms with Crippen molar-refractivity contribution < 1.29 is 14.0 Å². The van der Waals surface area contributed by atoms with Gasteiger partial charge in [0.25, 0.3) is 0 Å². The highest BCUT2D eigenvalue weighted by Gasteiger charge is 2.24. The van der Waals surface area contributed by atoms with Crippen LogP contribution in [-0.2, 0) is 0 Å². The van der Waals surface area contributed by atoms with Gasteiger partial charge in [0.1, 0.15) is 5.82 Å². The summed E-state index contributed by atoms with van der Waals surface area (Å²) in [4.78, 5) is 26.4. The summed E-state index contributed by atoms with van der Waals surface area (Å²) >= 11 is 0. The molecule has 3 rings (SSSR count). The minimum atomic E-state index is -0.729. The second-order valence-corrected chi connectivity index (χ2v) is 5.79. The zero-order chi connectivity index (χ0) is 18.7. The lowest BCUT2D eigenvalue weighted by atomic mass is 10.00. The molecule has 0 spiro atoms. The van der Waals surface area contributed by atoms with Crippen molar-refractivity contribution in [1.82, 2.24) is 0 Å². The number of hydrogen-bond acceptors (Lipinski definition) is 2. The van der Waals surface area contributed by atoms with Crippen molar-refractivity contribution in [3.8, 4) is 0 Å². The lowest BCUT2D eigenvalue weighted by Gasteiger charge is -2.24. The predicted molar refractivity (Wildman–Crippen MR) is 99.2 cm³/mol. The summed E-state index contributed by atoms with van der Waals surface area (Å²) in [5.41, 5.74) is 7.43. The van der Waals surface area contributed by atoms with E-state index in [1.54, 1.807) is 42.5 Å². The first-order valence-corrected chi connectivity index (χ1v) is 8.04. The van der Waals surface area contributed by atoms with Gasteiger partial charge in [-0.15, -0.1) is 0 Å². The highest BCUT2D eigenvalue weighted by atomic mass is 19.1. The van der Waals surface area contributed by atoms with Crippen molar-refractivity contribution in [3.63, 3.8) is 0 Å². The average molecular weight is 348 g/mol. The fourth-order valence-electron chi connectivity index (χ4n) is 2.83. The Morgan fingerprint density at radius 2 is 1.35 bits per heavy atom. The molecular weight excluding hydrogens is 331 g/mol. The van der Waals surface area contributed by atoms with Crippen LogP contribution in [0.1, 0.15) is 21.5 Å². The van der Waals surface area contributed by atoms with Crippen LogP contribution in [0.5, 0.6) is 0 Å². The third-order valence-corrected chi connectivity index (χ3v) is 4.08. The maximum Gasteiger partial charge on any atom is 0.323 e. The first-order chi connectivity index (χ1) is 12.5. The zero-order valence-corrected chi connectivity index (χ0v) is 14.1. The van der Waals surface area contributed by atoms with E-state index in [1.807, 2.05) is 19.1 Å². The molecule has 3 aromatic rings. The minimum absolute atomic E-state index is 0.0610.